The number of hydrogen-bond donors (Lipinski definition) is 1. The van der Waals surface area contributed by atoms with E-state index in [0.717, 1.165) is 22.0 Å². The van der Waals surface area contributed by atoms with Gasteiger partial charge in [-0.05, 0) is 74.9 Å². The largest absolute Gasteiger partial charge is 0.492 e. The van der Waals surface area contributed by atoms with E-state index in [1.54, 1.807) is 48.5 Å². The van der Waals surface area contributed by atoms with Crippen molar-refractivity contribution in [3.05, 3.63) is 83.9 Å². The molecule has 0 spiro atoms. The fourth-order valence-electron chi connectivity index (χ4n) is 3.58. The molecule has 186 valence electrons. The van der Waals surface area contributed by atoms with Crippen molar-refractivity contribution in [2.45, 2.75) is 36.5 Å². The van der Waals surface area contributed by atoms with E-state index in [9.17, 15) is 13.2 Å². The van der Waals surface area contributed by atoms with Crippen LogP contribution in [0, 0.1) is 6.92 Å². The number of amides is 1. The SMILES string of the molecule is CCOc1ccccc1N(CC(=O)NCCCc1ccc(C)cc1)S(=O)(=O)c1ccc(SC)cc1. The maximum Gasteiger partial charge on any atom is 0.264 e. The molecule has 3 aromatic rings. The number of aryl methyl sites for hydroxylation is 2. The monoisotopic (exact) mass is 512 g/mol. The Morgan fingerprint density at radius 1 is 1.00 bits per heavy atom. The Hall–Kier alpha value is -2.97. The lowest BCUT2D eigenvalue weighted by molar-refractivity contribution is -0.119. The number of benzene rings is 3. The molecule has 35 heavy (non-hydrogen) atoms. The number of thioether (sulfide) groups is 1. The van der Waals surface area contributed by atoms with Crippen LogP contribution in [0.25, 0.3) is 0 Å². The van der Waals surface area contributed by atoms with E-state index in [2.05, 4.69) is 29.6 Å². The van der Waals surface area contributed by atoms with Crippen molar-refractivity contribution >= 4 is 33.4 Å². The molecule has 0 aromatic heterocycles. The van der Waals surface area contributed by atoms with Crippen LogP contribution in [0.5, 0.6) is 5.75 Å². The van der Waals surface area contributed by atoms with Crippen LogP contribution >= 0.6 is 11.8 Å². The minimum absolute atomic E-state index is 0.119. The minimum Gasteiger partial charge on any atom is -0.492 e. The summed E-state index contributed by atoms with van der Waals surface area (Å²) in [6.45, 7) is 4.36. The summed E-state index contributed by atoms with van der Waals surface area (Å²) >= 11 is 1.53. The van der Waals surface area contributed by atoms with Crippen LogP contribution in [0.4, 0.5) is 5.69 Å². The molecule has 6 nitrogen and oxygen atoms in total. The molecule has 0 saturated heterocycles. The quantitative estimate of drug-likeness (QED) is 0.271. The average molecular weight is 513 g/mol. The van der Waals surface area contributed by atoms with E-state index in [1.165, 1.54) is 22.9 Å². The van der Waals surface area contributed by atoms with Gasteiger partial charge in [-0.1, -0.05) is 42.0 Å². The smallest absolute Gasteiger partial charge is 0.264 e. The summed E-state index contributed by atoms with van der Waals surface area (Å²) in [7, 11) is -4.01. The van der Waals surface area contributed by atoms with Crippen LogP contribution in [0.3, 0.4) is 0 Å². The lowest BCUT2D eigenvalue weighted by Gasteiger charge is -2.26. The van der Waals surface area contributed by atoms with E-state index < -0.39 is 10.0 Å². The Balaban J connectivity index is 1.77. The maximum atomic E-state index is 13.7. The van der Waals surface area contributed by atoms with Gasteiger partial charge in [-0.2, -0.15) is 0 Å². The summed E-state index contributed by atoms with van der Waals surface area (Å²) in [5.41, 5.74) is 2.74. The number of carbonyl (C=O) groups is 1. The van der Waals surface area contributed by atoms with Crippen molar-refractivity contribution in [2.24, 2.45) is 0 Å². The second-order valence-electron chi connectivity index (χ2n) is 8.03. The van der Waals surface area contributed by atoms with Crippen LogP contribution < -0.4 is 14.4 Å². The van der Waals surface area contributed by atoms with Crippen molar-refractivity contribution in [2.75, 3.05) is 30.3 Å². The van der Waals surface area contributed by atoms with Gasteiger partial charge in [-0.3, -0.25) is 9.10 Å². The summed E-state index contributed by atoms with van der Waals surface area (Å²) in [5, 5.41) is 2.87. The topological polar surface area (TPSA) is 75.7 Å². The number of para-hydroxylation sites is 2. The highest BCUT2D eigenvalue weighted by Gasteiger charge is 2.29. The first-order valence-corrected chi connectivity index (χ1v) is 14.2. The van der Waals surface area contributed by atoms with Crippen molar-refractivity contribution < 1.29 is 17.9 Å². The Bertz CT molecular complexity index is 1210. The first kappa shape index (κ1) is 26.6. The van der Waals surface area contributed by atoms with Gasteiger partial charge in [0.05, 0.1) is 17.2 Å². The first-order valence-electron chi connectivity index (χ1n) is 11.6. The van der Waals surface area contributed by atoms with Crippen molar-refractivity contribution in [1.82, 2.24) is 5.32 Å². The molecule has 1 N–H and O–H groups in total. The summed E-state index contributed by atoms with van der Waals surface area (Å²) in [5.74, 6) is 0.0380. The third-order valence-electron chi connectivity index (χ3n) is 5.45. The van der Waals surface area contributed by atoms with Gasteiger partial charge in [0.15, 0.2) is 0 Å². The number of carbonyl (C=O) groups excluding carboxylic acids is 1. The molecule has 0 bridgehead atoms. The predicted molar refractivity (Wildman–Crippen MR) is 143 cm³/mol. The molecule has 0 radical (unpaired) electrons. The van der Waals surface area contributed by atoms with Gasteiger partial charge >= 0.3 is 0 Å². The van der Waals surface area contributed by atoms with Crippen LogP contribution in [0.1, 0.15) is 24.5 Å². The molecular formula is C27H32N2O4S2. The number of sulfonamides is 1. The molecule has 0 unspecified atom stereocenters. The molecule has 0 heterocycles. The maximum absolute atomic E-state index is 13.7. The zero-order valence-corrected chi connectivity index (χ0v) is 22.0. The molecule has 0 saturated carbocycles. The number of hydrogen-bond acceptors (Lipinski definition) is 5. The molecule has 0 aliphatic rings. The highest BCUT2D eigenvalue weighted by Crippen LogP contribution is 2.32. The zero-order valence-electron chi connectivity index (χ0n) is 20.4. The zero-order chi connectivity index (χ0) is 25.3. The fourth-order valence-corrected chi connectivity index (χ4v) is 5.42. The summed E-state index contributed by atoms with van der Waals surface area (Å²) in [4.78, 5) is 13.9. The molecule has 0 fully saturated rings. The van der Waals surface area contributed by atoms with E-state index in [4.69, 9.17) is 4.74 Å². The van der Waals surface area contributed by atoms with Gasteiger partial charge in [-0.25, -0.2) is 8.42 Å². The lowest BCUT2D eigenvalue weighted by atomic mass is 10.1. The third-order valence-corrected chi connectivity index (χ3v) is 7.97. The number of rotatable bonds is 12. The predicted octanol–water partition coefficient (Wildman–Crippen LogP) is 5.06. The van der Waals surface area contributed by atoms with Crippen molar-refractivity contribution in [1.29, 1.82) is 0 Å². The molecule has 8 heteroatoms. The molecule has 3 rings (SSSR count). The second-order valence-corrected chi connectivity index (χ2v) is 10.8. The highest BCUT2D eigenvalue weighted by atomic mass is 32.2. The molecule has 0 atom stereocenters. The van der Waals surface area contributed by atoms with Gasteiger partial charge < -0.3 is 10.1 Å². The molecular weight excluding hydrogens is 480 g/mol. The summed E-state index contributed by atoms with van der Waals surface area (Å²) < 4.78 is 34.1. The Labute approximate surface area is 212 Å². The normalized spacial score (nSPS) is 11.2. The Kier molecular flexibility index (Phi) is 9.63. The summed E-state index contributed by atoms with van der Waals surface area (Å²) in [6, 6.07) is 21.8. The van der Waals surface area contributed by atoms with Gasteiger partial charge in [-0.15, -0.1) is 11.8 Å². The van der Waals surface area contributed by atoms with Gasteiger partial charge in [0.2, 0.25) is 5.91 Å². The molecule has 0 aliphatic carbocycles. The standard InChI is InChI=1S/C27H32N2O4S2/c1-4-33-26-10-6-5-9-25(26)29(35(31,32)24-17-15-23(34-3)16-18-24)20-27(30)28-19-7-8-22-13-11-21(2)12-14-22/h5-6,9-18H,4,7-8,19-20H2,1-3H3,(H,28,30). The minimum atomic E-state index is -4.01. The van der Waals surface area contributed by atoms with E-state index in [0.29, 0.717) is 24.6 Å². The van der Waals surface area contributed by atoms with Gasteiger partial charge in [0.1, 0.15) is 12.3 Å². The van der Waals surface area contributed by atoms with E-state index in [1.807, 2.05) is 20.1 Å². The van der Waals surface area contributed by atoms with Crippen LogP contribution in [-0.2, 0) is 21.2 Å². The van der Waals surface area contributed by atoms with Gasteiger partial charge in [0.25, 0.3) is 10.0 Å². The van der Waals surface area contributed by atoms with Gasteiger partial charge in [0, 0.05) is 11.4 Å². The van der Waals surface area contributed by atoms with Crippen LogP contribution in [-0.4, -0.2) is 40.3 Å². The van der Waals surface area contributed by atoms with E-state index in [-0.39, 0.29) is 17.3 Å². The van der Waals surface area contributed by atoms with E-state index >= 15 is 0 Å². The number of nitrogens with one attached hydrogen (secondary N) is 1. The fraction of sp³-hybridized carbons (Fsp3) is 0.296. The third kappa shape index (κ3) is 7.26. The van der Waals surface area contributed by atoms with Crippen LogP contribution in [0.2, 0.25) is 0 Å². The number of ether oxygens (including phenoxy) is 1. The van der Waals surface area contributed by atoms with Crippen LogP contribution in [0.15, 0.2) is 82.6 Å². The first-order chi connectivity index (χ1) is 16.8. The molecule has 3 aromatic carbocycles. The Morgan fingerprint density at radius 2 is 1.69 bits per heavy atom. The number of nitrogens with zero attached hydrogens (tertiary/aromatic N) is 1. The highest BCUT2D eigenvalue weighted by molar-refractivity contribution is 7.98. The number of anilines is 1. The second kappa shape index (κ2) is 12.7. The molecule has 0 aliphatic heterocycles. The Morgan fingerprint density at radius 3 is 2.34 bits per heavy atom. The van der Waals surface area contributed by atoms with Crippen molar-refractivity contribution in [3.8, 4) is 5.75 Å². The lowest BCUT2D eigenvalue weighted by Crippen LogP contribution is -2.41. The molecule has 1 amide bonds. The average Bonchev–Trinajstić information content (AvgIpc) is 2.87. The summed E-state index contributed by atoms with van der Waals surface area (Å²) in [6.07, 6.45) is 3.52. The van der Waals surface area contributed by atoms with Crippen molar-refractivity contribution in [3.63, 3.8) is 0 Å².